The van der Waals surface area contributed by atoms with E-state index in [2.05, 4.69) is 16.3 Å². The summed E-state index contributed by atoms with van der Waals surface area (Å²) in [5.74, 6) is 0.855. The molecule has 5 heterocycles. The minimum Gasteiger partial charge on any atom is -0.385 e. The van der Waals surface area contributed by atoms with Crippen LogP contribution in [0.25, 0.3) is 5.65 Å². The van der Waals surface area contributed by atoms with E-state index in [1.807, 2.05) is 70.2 Å². The number of hydrogen-bond acceptors (Lipinski definition) is 6. The Morgan fingerprint density at radius 1 is 1.00 bits per heavy atom. The molecular formula is C32H35ClN6O2. The zero-order valence-corrected chi connectivity index (χ0v) is 23.9. The minimum absolute atomic E-state index is 0.118. The Balaban J connectivity index is 1.01. The summed E-state index contributed by atoms with van der Waals surface area (Å²) in [4.78, 5) is 22.2. The SMILES string of the molecule is O=C(c1ccc(Cc2nc3c(N4CCC(O)(c5ccc(Cl)cc5)CC4)cccn3n2)cc1)N1CC2(CCCNC2)C1. The van der Waals surface area contributed by atoms with Crippen LogP contribution in [0, 0.1) is 5.41 Å². The fourth-order valence-corrected chi connectivity index (χ4v) is 6.89. The molecule has 2 aromatic heterocycles. The van der Waals surface area contributed by atoms with Gasteiger partial charge in [0.2, 0.25) is 0 Å². The zero-order valence-electron chi connectivity index (χ0n) is 23.1. The number of hydrogen-bond donors (Lipinski definition) is 2. The van der Waals surface area contributed by atoms with Crippen LogP contribution in [-0.4, -0.2) is 69.8 Å². The standard InChI is InChI=1S/C32H35ClN6O2/c33-26-10-8-25(9-11-26)32(41)13-17-37(18-14-32)27-3-1-16-39-29(27)35-28(36-39)19-23-4-6-24(7-5-23)30(40)38-21-31(22-38)12-2-15-34-20-31/h1,3-11,16,34,41H,2,12-15,17-22H2. The highest BCUT2D eigenvalue weighted by Crippen LogP contribution is 2.38. The second-order valence-corrected chi connectivity index (χ2v) is 12.5. The van der Waals surface area contributed by atoms with Gasteiger partial charge in [0, 0.05) is 61.3 Å². The topological polar surface area (TPSA) is 86.0 Å². The minimum atomic E-state index is -0.858. The summed E-state index contributed by atoms with van der Waals surface area (Å²) in [6.07, 6.45) is 6.16. The van der Waals surface area contributed by atoms with E-state index < -0.39 is 5.60 Å². The van der Waals surface area contributed by atoms with Crippen molar-refractivity contribution < 1.29 is 9.90 Å². The lowest BCUT2D eigenvalue weighted by Crippen LogP contribution is -2.63. The second-order valence-electron chi connectivity index (χ2n) is 12.0. The molecule has 0 unspecified atom stereocenters. The van der Waals surface area contributed by atoms with Crippen LogP contribution in [0.15, 0.2) is 66.9 Å². The van der Waals surface area contributed by atoms with Gasteiger partial charge in [-0.3, -0.25) is 4.79 Å². The predicted molar refractivity (Wildman–Crippen MR) is 159 cm³/mol. The predicted octanol–water partition coefficient (Wildman–Crippen LogP) is 4.29. The van der Waals surface area contributed by atoms with Gasteiger partial charge in [-0.05, 0) is 79.8 Å². The maximum Gasteiger partial charge on any atom is 0.253 e. The number of pyridine rings is 1. The van der Waals surface area contributed by atoms with Crippen LogP contribution in [0.3, 0.4) is 0 Å². The third kappa shape index (κ3) is 5.09. The van der Waals surface area contributed by atoms with Crippen molar-refractivity contribution >= 4 is 28.8 Å². The Hall–Kier alpha value is -3.46. The molecule has 2 N–H and O–H groups in total. The Morgan fingerprint density at radius 2 is 1.76 bits per heavy atom. The third-order valence-corrected chi connectivity index (χ3v) is 9.41. The summed E-state index contributed by atoms with van der Waals surface area (Å²) >= 11 is 6.05. The molecule has 7 rings (SSSR count). The van der Waals surface area contributed by atoms with E-state index in [4.69, 9.17) is 21.7 Å². The van der Waals surface area contributed by atoms with Gasteiger partial charge >= 0.3 is 0 Å². The number of amides is 1. The molecule has 3 fully saturated rings. The van der Waals surface area contributed by atoms with Gasteiger partial charge in [0.15, 0.2) is 11.5 Å². The van der Waals surface area contributed by atoms with Gasteiger partial charge in [-0.2, -0.15) is 5.10 Å². The second kappa shape index (κ2) is 10.4. The van der Waals surface area contributed by atoms with Crippen LogP contribution < -0.4 is 10.2 Å². The van der Waals surface area contributed by atoms with Crippen molar-refractivity contribution in [1.82, 2.24) is 24.8 Å². The number of benzene rings is 2. The molecule has 0 saturated carbocycles. The largest absolute Gasteiger partial charge is 0.385 e. The van der Waals surface area contributed by atoms with Gasteiger partial charge in [-0.1, -0.05) is 35.9 Å². The molecule has 0 atom stereocenters. The fourth-order valence-electron chi connectivity index (χ4n) is 6.76. The lowest BCUT2D eigenvalue weighted by Gasteiger charge is -2.52. The summed E-state index contributed by atoms with van der Waals surface area (Å²) in [6.45, 7) is 5.24. The Kier molecular flexibility index (Phi) is 6.72. The third-order valence-electron chi connectivity index (χ3n) is 9.16. The summed E-state index contributed by atoms with van der Waals surface area (Å²) in [7, 11) is 0. The number of likely N-dealkylation sites (tertiary alicyclic amines) is 1. The monoisotopic (exact) mass is 570 g/mol. The van der Waals surface area contributed by atoms with Gasteiger partial charge in [0.1, 0.15) is 0 Å². The van der Waals surface area contributed by atoms with Crippen molar-refractivity contribution in [2.24, 2.45) is 5.41 Å². The number of aromatic nitrogens is 3. The summed E-state index contributed by atoms with van der Waals surface area (Å²) in [5, 5.41) is 20.2. The zero-order chi connectivity index (χ0) is 28.0. The normalized spacial score (nSPS) is 19.9. The number of aliphatic hydroxyl groups is 1. The lowest BCUT2D eigenvalue weighted by atomic mass is 9.74. The van der Waals surface area contributed by atoms with Gasteiger partial charge in [0.05, 0.1) is 11.3 Å². The quantitative estimate of drug-likeness (QED) is 0.372. The summed E-state index contributed by atoms with van der Waals surface area (Å²) in [6, 6.07) is 19.5. The van der Waals surface area contributed by atoms with Crippen molar-refractivity contribution in [1.29, 1.82) is 0 Å². The molecule has 1 spiro atoms. The lowest BCUT2D eigenvalue weighted by molar-refractivity contribution is -0.00722. The van der Waals surface area contributed by atoms with Gasteiger partial charge in [-0.15, -0.1) is 0 Å². The van der Waals surface area contributed by atoms with Crippen LogP contribution >= 0.6 is 11.6 Å². The van der Waals surface area contributed by atoms with Gasteiger partial charge < -0.3 is 20.2 Å². The average molecular weight is 571 g/mol. The van der Waals surface area contributed by atoms with Gasteiger partial charge in [-0.25, -0.2) is 9.50 Å². The number of carbonyl (C=O) groups is 1. The van der Waals surface area contributed by atoms with E-state index in [0.29, 0.717) is 37.4 Å². The first-order valence-electron chi connectivity index (χ1n) is 14.6. The first-order valence-corrected chi connectivity index (χ1v) is 14.9. The van der Waals surface area contributed by atoms with Crippen LogP contribution in [0.2, 0.25) is 5.02 Å². The number of halogens is 1. The maximum atomic E-state index is 13.0. The Bertz CT molecular complexity index is 1550. The maximum absolute atomic E-state index is 13.0. The van der Waals surface area contributed by atoms with E-state index in [1.165, 1.54) is 12.8 Å². The summed E-state index contributed by atoms with van der Waals surface area (Å²) in [5.41, 5.74) is 3.98. The molecule has 0 bridgehead atoms. The van der Waals surface area contributed by atoms with Crippen LogP contribution in [0.1, 0.15) is 53.0 Å². The fraction of sp³-hybridized carbons (Fsp3) is 0.406. The molecule has 3 saturated heterocycles. The van der Waals surface area contributed by atoms with Crippen LogP contribution in [0.5, 0.6) is 0 Å². The van der Waals surface area contributed by atoms with Crippen LogP contribution in [0.4, 0.5) is 5.69 Å². The highest BCUT2D eigenvalue weighted by molar-refractivity contribution is 6.30. The summed E-state index contributed by atoms with van der Waals surface area (Å²) < 4.78 is 1.84. The highest BCUT2D eigenvalue weighted by Gasteiger charge is 2.45. The van der Waals surface area contributed by atoms with Crippen molar-refractivity contribution in [2.75, 3.05) is 44.2 Å². The number of fused-ring (bicyclic) bond motifs is 1. The van der Waals surface area contributed by atoms with Crippen molar-refractivity contribution in [3.8, 4) is 0 Å². The average Bonchev–Trinajstić information content (AvgIpc) is 3.40. The van der Waals surface area contributed by atoms with E-state index in [9.17, 15) is 9.90 Å². The van der Waals surface area contributed by atoms with E-state index in [-0.39, 0.29) is 11.3 Å². The van der Waals surface area contributed by atoms with Crippen molar-refractivity contribution in [2.45, 2.75) is 37.7 Å². The highest BCUT2D eigenvalue weighted by atomic mass is 35.5. The first-order chi connectivity index (χ1) is 19.9. The van der Waals surface area contributed by atoms with Gasteiger partial charge in [0.25, 0.3) is 5.91 Å². The van der Waals surface area contributed by atoms with Crippen molar-refractivity contribution in [3.63, 3.8) is 0 Å². The van der Waals surface area contributed by atoms with Crippen LogP contribution in [-0.2, 0) is 12.0 Å². The number of nitrogens with one attached hydrogen (secondary N) is 1. The Labute approximate surface area is 244 Å². The van der Waals surface area contributed by atoms with E-state index in [0.717, 1.165) is 60.0 Å². The smallest absolute Gasteiger partial charge is 0.253 e. The Morgan fingerprint density at radius 3 is 2.46 bits per heavy atom. The molecule has 1 amide bonds. The first kappa shape index (κ1) is 26.4. The molecule has 0 radical (unpaired) electrons. The molecule has 2 aromatic carbocycles. The number of rotatable bonds is 5. The molecular weight excluding hydrogens is 536 g/mol. The molecule has 212 valence electrons. The molecule has 8 nitrogen and oxygen atoms in total. The number of piperidine rings is 2. The molecule has 3 aliphatic rings. The molecule has 9 heteroatoms. The number of carbonyl (C=O) groups excluding carboxylic acids is 1. The molecule has 41 heavy (non-hydrogen) atoms. The van der Waals surface area contributed by atoms with E-state index in [1.54, 1.807) is 0 Å². The van der Waals surface area contributed by atoms with Crippen molar-refractivity contribution in [3.05, 3.63) is 94.4 Å². The van der Waals surface area contributed by atoms with E-state index >= 15 is 0 Å². The molecule has 4 aromatic rings. The molecule has 3 aliphatic heterocycles. The number of anilines is 1. The number of nitrogens with zero attached hydrogens (tertiary/aromatic N) is 5. The molecule has 0 aliphatic carbocycles.